The van der Waals surface area contributed by atoms with Gasteiger partial charge in [0.15, 0.2) is 5.75 Å². The number of ether oxygens (including phenoxy) is 4. The van der Waals surface area contributed by atoms with Crippen molar-refractivity contribution in [2.45, 2.75) is 115 Å². The van der Waals surface area contributed by atoms with Crippen molar-refractivity contribution in [3.05, 3.63) is 42.2 Å². The lowest BCUT2D eigenvalue weighted by molar-refractivity contribution is -0.213. The number of aromatic nitrogens is 2. The van der Waals surface area contributed by atoms with Gasteiger partial charge in [-0.15, -0.1) is 5.06 Å². The summed E-state index contributed by atoms with van der Waals surface area (Å²) in [6.45, 7) is 2.67. The van der Waals surface area contributed by atoms with E-state index in [1.807, 2.05) is 0 Å². The summed E-state index contributed by atoms with van der Waals surface area (Å²) in [5.74, 6) is -3.53. The molecule has 2 aromatic rings. The zero-order valence-electron chi connectivity index (χ0n) is 37.2. The number of benzene rings is 1. The van der Waals surface area contributed by atoms with Crippen LogP contribution in [0.2, 0.25) is 0 Å². The number of carbonyl (C=O) groups is 6. The maximum absolute atomic E-state index is 12.9. The molecule has 0 aliphatic carbocycles. The molecule has 0 atom stereocenters. The maximum atomic E-state index is 12.9. The molecule has 0 bridgehead atoms. The molecule has 362 valence electrons. The number of nitrogens with zero attached hydrogens (tertiary/aromatic N) is 3. The number of sulfonamides is 1. The van der Waals surface area contributed by atoms with Crippen LogP contribution in [-0.2, 0) is 62.7 Å². The minimum atomic E-state index is -4.10. The van der Waals surface area contributed by atoms with E-state index in [-0.39, 0.29) is 107 Å². The third kappa shape index (κ3) is 24.0. The van der Waals surface area contributed by atoms with E-state index in [2.05, 4.69) is 37.1 Å². The third-order valence-electron chi connectivity index (χ3n) is 9.49. The number of hydrogen-bond acceptors (Lipinski definition) is 17. The average Bonchev–Trinajstić information content (AvgIpc) is 3.61. The molecule has 65 heavy (non-hydrogen) atoms. The van der Waals surface area contributed by atoms with Crippen molar-refractivity contribution < 1.29 is 70.7 Å². The SMILES string of the molecule is CCCCCCCCCCCCCCCC(=O)OOc1ccc(S(=O)(=O)Nc2ncc(C(=O)NCCOCCOCC(=O)NCCOCCOCC(=O)ON3C(=O)CCC3=O)cn2)cc1. The fourth-order valence-electron chi connectivity index (χ4n) is 5.97. The van der Waals surface area contributed by atoms with Crippen LogP contribution in [0, 0.1) is 0 Å². The van der Waals surface area contributed by atoms with Crippen LogP contribution in [0.1, 0.15) is 120 Å². The summed E-state index contributed by atoms with van der Waals surface area (Å²) in [4.78, 5) is 93.3. The molecule has 0 saturated carbocycles. The number of hydroxylamine groups is 2. The second-order valence-corrected chi connectivity index (χ2v) is 16.6. The standard InChI is InChI=1S/C43H64N6O15S/c1-2-3-4-5-6-7-8-9-10-11-12-13-14-15-40(53)64-63-35-16-18-36(19-17-35)65(56,57)48-43-46-30-34(31-47-43)42(55)45-23-25-59-26-28-60-32-37(50)44-22-24-58-27-29-61-33-41(54)62-49-38(51)20-21-39(49)52/h16-19,30-31H,2-15,20-29,32-33H2,1H3,(H,44,50)(H,45,55)(H,46,47,48). The largest absolute Gasteiger partial charge is 0.377 e. The quantitative estimate of drug-likeness (QED) is 0.0372. The van der Waals surface area contributed by atoms with Gasteiger partial charge in [-0.05, 0) is 30.7 Å². The average molecular weight is 937 g/mol. The first kappa shape index (κ1) is 54.0. The summed E-state index contributed by atoms with van der Waals surface area (Å²) in [6.07, 6.45) is 18.2. The molecule has 0 spiro atoms. The molecule has 1 aromatic carbocycles. The van der Waals surface area contributed by atoms with Crippen molar-refractivity contribution in [1.82, 2.24) is 25.7 Å². The minimum absolute atomic E-state index is 0.00177. The van der Waals surface area contributed by atoms with Crippen molar-refractivity contribution >= 4 is 51.5 Å². The highest BCUT2D eigenvalue weighted by molar-refractivity contribution is 7.92. The highest BCUT2D eigenvalue weighted by atomic mass is 32.2. The molecule has 0 unspecified atom stereocenters. The van der Waals surface area contributed by atoms with Crippen molar-refractivity contribution in [1.29, 1.82) is 0 Å². The summed E-state index contributed by atoms with van der Waals surface area (Å²) in [7, 11) is -4.10. The predicted octanol–water partition coefficient (Wildman–Crippen LogP) is 4.12. The first-order chi connectivity index (χ1) is 31.5. The molecule has 0 radical (unpaired) electrons. The number of anilines is 1. The monoisotopic (exact) mass is 936 g/mol. The van der Waals surface area contributed by atoms with Crippen molar-refractivity contribution in [3.8, 4) is 5.75 Å². The van der Waals surface area contributed by atoms with E-state index in [1.165, 1.54) is 82.1 Å². The second kappa shape index (κ2) is 32.4. The van der Waals surface area contributed by atoms with E-state index in [9.17, 15) is 37.2 Å². The lowest BCUT2D eigenvalue weighted by atomic mass is 10.0. The Balaban J connectivity index is 1.15. The van der Waals surface area contributed by atoms with E-state index in [0.717, 1.165) is 31.7 Å². The van der Waals surface area contributed by atoms with E-state index in [1.54, 1.807) is 0 Å². The Morgan fingerprint density at radius 2 is 1.17 bits per heavy atom. The summed E-state index contributed by atoms with van der Waals surface area (Å²) in [5, 5.41) is 5.66. The third-order valence-corrected chi connectivity index (χ3v) is 10.8. The molecule has 1 aliphatic rings. The number of rotatable bonds is 37. The molecular weight excluding hydrogens is 873 g/mol. The van der Waals surface area contributed by atoms with Gasteiger partial charge < -0.3 is 34.4 Å². The van der Waals surface area contributed by atoms with E-state index >= 15 is 0 Å². The molecule has 21 nitrogen and oxygen atoms in total. The van der Waals surface area contributed by atoms with Crippen LogP contribution in [0.4, 0.5) is 5.95 Å². The molecule has 1 aliphatic heterocycles. The number of hydrogen-bond donors (Lipinski definition) is 3. The minimum Gasteiger partial charge on any atom is -0.377 e. The van der Waals surface area contributed by atoms with Crippen LogP contribution in [0.15, 0.2) is 41.6 Å². The van der Waals surface area contributed by atoms with Crippen LogP contribution < -0.4 is 20.2 Å². The van der Waals surface area contributed by atoms with Gasteiger partial charge in [-0.3, -0.25) is 29.0 Å². The lowest BCUT2D eigenvalue weighted by Gasteiger charge is -2.12. The Morgan fingerprint density at radius 1 is 0.646 bits per heavy atom. The smallest absolute Gasteiger partial charge is 0.358 e. The molecule has 22 heteroatoms. The number of nitrogens with one attached hydrogen (secondary N) is 3. The van der Waals surface area contributed by atoms with Gasteiger partial charge in [-0.25, -0.2) is 32.7 Å². The number of imide groups is 1. The van der Waals surface area contributed by atoms with Crippen molar-refractivity contribution in [3.63, 3.8) is 0 Å². The summed E-state index contributed by atoms with van der Waals surface area (Å²) in [6, 6.07) is 5.24. The molecule has 3 N–H and O–H groups in total. The van der Waals surface area contributed by atoms with Gasteiger partial charge in [-0.1, -0.05) is 84.0 Å². The van der Waals surface area contributed by atoms with Crippen LogP contribution in [0.5, 0.6) is 5.75 Å². The van der Waals surface area contributed by atoms with Gasteiger partial charge in [0.05, 0.1) is 56.5 Å². The summed E-state index contributed by atoms with van der Waals surface area (Å²) >= 11 is 0. The Morgan fingerprint density at radius 3 is 1.75 bits per heavy atom. The van der Waals surface area contributed by atoms with Crippen LogP contribution in [0.3, 0.4) is 0 Å². The van der Waals surface area contributed by atoms with E-state index < -0.39 is 46.3 Å². The van der Waals surface area contributed by atoms with Crippen molar-refractivity contribution in [2.75, 3.05) is 70.7 Å². The normalized spacial score (nSPS) is 12.5. The Bertz CT molecular complexity index is 1840. The Hall–Kier alpha value is -5.29. The Labute approximate surface area is 380 Å². The maximum Gasteiger partial charge on any atom is 0.358 e. The zero-order valence-corrected chi connectivity index (χ0v) is 38.0. The number of unbranched alkanes of at least 4 members (excludes halogenated alkanes) is 12. The van der Waals surface area contributed by atoms with Gasteiger partial charge in [0, 0.05) is 38.3 Å². The molecule has 3 rings (SSSR count). The van der Waals surface area contributed by atoms with E-state index in [0.29, 0.717) is 11.5 Å². The van der Waals surface area contributed by atoms with Crippen LogP contribution in [0.25, 0.3) is 0 Å². The number of carbonyl (C=O) groups excluding carboxylic acids is 6. The van der Waals surface area contributed by atoms with Crippen LogP contribution >= 0.6 is 0 Å². The molecule has 1 fully saturated rings. The zero-order chi connectivity index (χ0) is 47.0. The summed E-state index contributed by atoms with van der Waals surface area (Å²) in [5.41, 5.74) is 0.0837. The second-order valence-electron chi connectivity index (χ2n) is 14.9. The predicted molar refractivity (Wildman–Crippen MR) is 232 cm³/mol. The fourth-order valence-corrected chi connectivity index (χ4v) is 6.93. The topological polar surface area (TPSA) is 266 Å². The first-order valence-corrected chi connectivity index (χ1v) is 23.7. The first-order valence-electron chi connectivity index (χ1n) is 22.2. The number of amides is 4. The molecule has 4 amide bonds. The van der Waals surface area contributed by atoms with Gasteiger partial charge in [0.1, 0.15) is 13.2 Å². The molecule has 1 aromatic heterocycles. The van der Waals surface area contributed by atoms with E-state index in [4.69, 9.17) is 28.7 Å². The van der Waals surface area contributed by atoms with Gasteiger partial charge in [0.2, 0.25) is 11.9 Å². The van der Waals surface area contributed by atoms with Crippen molar-refractivity contribution in [2.24, 2.45) is 0 Å². The van der Waals surface area contributed by atoms with Gasteiger partial charge in [-0.2, -0.15) is 0 Å². The Kier molecular flexibility index (Phi) is 26.9. The molecule has 1 saturated heterocycles. The van der Waals surface area contributed by atoms with Gasteiger partial charge >= 0.3 is 11.9 Å². The van der Waals surface area contributed by atoms with Crippen LogP contribution in [-0.4, -0.2) is 125 Å². The lowest BCUT2D eigenvalue weighted by Crippen LogP contribution is -2.33. The molecule has 2 heterocycles. The highest BCUT2D eigenvalue weighted by Crippen LogP contribution is 2.19. The summed E-state index contributed by atoms with van der Waals surface area (Å²) < 4.78 is 49.0. The highest BCUT2D eigenvalue weighted by Gasteiger charge is 2.32. The van der Waals surface area contributed by atoms with Gasteiger partial charge in [0.25, 0.3) is 27.7 Å². The molecular formula is C43H64N6O15S. The fraction of sp³-hybridized carbons (Fsp3) is 0.628.